The summed E-state index contributed by atoms with van der Waals surface area (Å²) in [5.74, 6) is -1.85. The van der Waals surface area contributed by atoms with Crippen molar-refractivity contribution in [1.82, 2.24) is 4.90 Å². The normalized spacial score (nSPS) is 16.9. The highest BCUT2D eigenvalue weighted by Crippen LogP contribution is 2.40. The van der Waals surface area contributed by atoms with Gasteiger partial charge in [-0.05, 0) is 36.4 Å². The van der Waals surface area contributed by atoms with Gasteiger partial charge in [0.15, 0.2) is 29.7 Å². The second-order valence-corrected chi connectivity index (χ2v) is 5.98. The summed E-state index contributed by atoms with van der Waals surface area (Å²) < 4.78 is 5.11. The van der Waals surface area contributed by atoms with Crippen LogP contribution >= 0.6 is 0 Å². The van der Waals surface area contributed by atoms with Crippen molar-refractivity contribution in [2.75, 3.05) is 7.11 Å². The van der Waals surface area contributed by atoms with E-state index < -0.39 is 23.5 Å². The number of ether oxygens (including phenoxy) is 1. The van der Waals surface area contributed by atoms with Crippen LogP contribution in [0.2, 0.25) is 0 Å². The number of phenolic OH excluding ortho intramolecular Hbond substituents is 1. The maximum atomic E-state index is 12.5. The maximum Gasteiger partial charge on any atom is 0.240 e. The predicted molar refractivity (Wildman–Crippen MR) is 88.7 cm³/mol. The van der Waals surface area contributed by atoms with E-state index >= 15 is 0 Å². The van der Waals surface area contributed by atoms with Crippen LogP contribution in [0.4, 0.5) is 0 Å². The number of aromatic nitrogens is 1. The number of nitrogens with zero attached hydrogens (tertiary/aromatic N) is 1. The number of aromatic amines is 1. The number of carbonyl (C=O) groups is 2. The van der Waals surface area contributed by atoms with Crippen molar-refractivity contribution >= 4 is 11.7 Å². The number of ketones is 1. The van der Waals surface area contributed by atoms with Gasteiger partial charge >= 0.3 is 0 Å². The summed E-state index contributed by atoms with van der Waals surface area (Å²) >= 11 is 0. The molecule has 1 aliphatic heterocycles. The van der Waals surface area contributed by atoms with Gasteiger partial charge in [0, 0.05) is 17.2 Å². The highest BCUT2D eigenvalue weighted by molar-refractivity contribution is 6.07. The Hall–Kier alpha value is -3.35. The Balaban J connectivity index is 2.08. The van der Waals surface area contributed by atoms with Crippen LogP contribution in [-0.4, -0.2) is 28.8 Å². The molecule has 0 spiro atoms. The van der Waals surface area contributed by atoms with Gasteiger partial charge in [-0.15, -0.1) is 0 Å². The van der Waals surface area contributed by atoms with Crippen LogP contribution in [0.25, 0.3) is 0 Å². The molecule has 2 aromatic rings. The highest BCUT2D eigenvalue weighted by atomic mass is 16.5. The molecular formula is C19H18N2O5. The number of aromatic hydroxyl groups is 1. The third kappa shape index (κ3) is 2.99. The van der Waals surface area contributed by atoms with E-state index in [1.54, 1.807) is 24.5 Å². The Morgan fingerprint density at radius 2 is 2.15 bits per heavy atom. The first-order valence-corrected chi connectivity index (χ1v) is 7.99. The number of carbonyl (C=O) groups excluding carboxylic acids is 2. The van der Waals surface area contributed by atoms with Crippen LogP contribution in [0, 0.1) is 0 Å². The van der Waals surface area contributed by atoms with Crippen LogP contribution < -0.4 is 14.8 Å². The van der Waals surface area contributed by atoms with Crippen molar-refractivity contribution in [2.24, 2.45) is 0 Å². The van der Waals surface area contributed by atoms with Crippen LogP contribution in [-0.2, 0) is 16.1 Å². The van der Waals surface area contributed by atoms with Crippen LogP contribution in [0.1, 0.15) is 24.1 Å². The maximum absolute atomic E-state index is 12.5. The van der Waals surface area contributed by atoms with Gasteiger partial charge in [0.1, 0.15) is 0 Å². The van der Waals surface area contributed by atoms with Crippen molar-refractivity contribution < 1.29 is 29.5 Å². The standard InChI is InChI=1S/C19H18N2O5/c1-11(22)16-17(13-5-6-14(23)15(8-13)26-2)21(19(25)18(16)24)10-12-4-3-7-20-9-12/h3-9,17,23-24H,10H2,1-2H3. The highest BCUT2D eigenvalue weighted by Gasteiger charge is 2.38. The molecule has 1 amide bonds. The van der Waals surface area contributed by atoms with E-state index in [2.05, 4.69) is 4.98 Å². The van der Waals surface area contributed by atoms with E-state index in [0.717, 1.165) is 5.56 Å². The lowest BCUT2D eigenvalue weighted by atomic mass is 9.96. The van der Waals surface area contributed by atoms with E-state index in [-0.39, 0.29) is 23.6 Å². The van der Waals surface area contributed by atoms with Gasteiger partial charge in [-0.2, -0.15) is 0 Å². The Morgan fingerprint density at radius 3 is 2.77 bits per heavy atom. The zero-order valence-electron chi connectivity index (χ0n) is 14.4. The van der Waals surface area contributed by atoms with Gasteiger partial charge < -0.3 is 19.8 Å². The van der Waals surface area contributed by atoms with E-state index in [0.29, 0.717) is 5.56 Å². The van der Waals surface area contributed by atoms with Crippen molar-refractivity contribution in [1.29, 1.82) is 0 Å². The summed E-state index contributed by atoms with van der Waals surface area (Å²) in [7, 11) is 1.40. The average molecular weight is 354 g/mol. The van der Waals surface area contributed by atoms with Gasteiger partial charge in [-0.1, -0.05) is 6.07 Å². The van der Waals surface area contributed by atoms with Crippen molar-refractivity contribution in [3.63, 3.8) is 0 Å². The second kappa shape index (κ2) is 6.87. The first-order valence-electron chi connectivity index (χ1n) is 7.99. The van der Waals surface area contributed by atoms with Gasteiger partial charge in [0.05, 0.1) is 19.7 Å². The molecule has 0 aliphatic carbocycles. The average Bonchev–Trinajstić information content (AvgIpc) is 2.88. The summed E-state index contributed by atoms with van der Waals surface area (Å²) in [6.45, 7) is 1.43. The molecule has 2 heterocycles. The smallest absolute Gasteiger partial charge is 0.240 e. The zero-order chi connectivity index (χ0) is 18.8. The molecule has 1 aromatic carbocycles. The fourth-order valence-corrected chi connectivity index (χ4v) is 3.09. The number of phenols is 1. The van der Waals surface area contributed by atoms with Crippen molar-refractivity contribution in [2.45, 2.75) is 19.5 Å². The molecule has 3 rings (SSSR count). The van der Waals surface area contributed by atoms with E-state index in [1.807, 2.05) is 6.07 Å². The quantitative estimate of drug-likeness (QED) is 0.842. The molecule has 0 fully saturated rings. The molecule has 1 aliphatic rings. The molecule has 1 atom stereocenters. The zero-order valence-corrected chi connectivity index (χ0v) is 14.4. The monoisotopic (exact) mass is 354 g/mol. The van der Waals surface area contributed by atoms with Gasteiger partial charge in [-0.3, -0.25) is 9.59 Å². The van der Waals surface area contributed by atoms with E-state index in [1.165, 1.54) is 31.1 Å². The predicted octanol–water partition coefficient (Wildman–Crippen LogP) is 0.502. The number of hydrogen-bond acceptors (Lipinski definition) is 5. The van der Waals surface area contributed by atoms with Gasteiger partial charge in [-0.25, -0.2) is 4.98 Å². The number of pyridine rings is 1. The minimum atomic E-state index is -0.831. The number of amides is 1. The molecule has 7 heteroatoms. The number of rotatable bonds is 5. The van der Waals surface area contributed by atoms with Gasteiger partial charge in [0.25, 0.3) is 0 Å². The second-order valence-electron chi connectivity index (χ2n) is 5.98. The SMILES string of the molecule is COc1cc(C2C(C(C)=O)=C([O-])C(=O)N2Cc2ccc[nH+]c2)ccc1O. The number of Topliss-reactive ketones (excluding diaryl/α,β-unsaturated/α-hetero) is 1. The Labute approximate surface area is 150 Å². The number of H-pyrrole nitrogens is 1. The fourth-order valence-electron chi connectivity index (χ4n) is 3.09. The molecular weight excluding hydrogens is 336 g/mol. The molecule has 2 N–H and O–H groups in total. The van der Waals surface area contributed by atoms with E-state index in [4.69, 9.17) is 4.74 Å². The van der Waals surface area contributed by atoms with E-state index in [9.17, 15) is 19.8 Å². The molecule has 0 bridgehead atoms. The third-order valence-corrected chi connectivity index (χ3v) is 4.31. The first-order chi connectivity index (χ1) is 12.4. The summed E-state index contributed by atoms with van der Waals surface area (Å²) in [4.78, 5) is 28.9. The fraction of sp³-hybridized carbons (Fsp3) is 0.211. The Bertz CT molecular complexity index is 892. The van der Waals surface area contributed by atoms with Crippen LogP contribution in [0.3, 0.4) is 0 Å². The van der Waals surface area contributed by atoms with Crippen molar-refractivity contribution in [3.05, 3.63) is 65.2 Å². The molecule has 0 saturated carbocycles. The minimum Gasteiger partial charge on any atom is -0.868 e. The molecule has 134 valence electrons. The lowest BCUT2D eigenvalue weighted by molar-refractivity contribution is -0.378. The lowest BCUT2D eigenvalue weighted by Gasteiger charge is -2.27. The van der Waals surface area contributed by atoms with Crippen molar-refractivity contribution in [3.8, 4) is 11.5 Å². The minimum absolute atomic E-state index is 0.0690. The summed E-state index contributed by atoms with van der Waals surface area (Å²) in [5, 5.41) is 22.2. The molecule has 1 unspecified atom stereocenters. The third-order valence-electron chi connectivity index (χ3n) is 4.31. The molecule has 26 heavy (non-hydrogen) atoms. The molecule has 7 nitrogen and oxygen atoms in total. The summed E-state index contributed by atoms with van der Waals surface area (Å²) in [6, 6.07) is 7.27. The molecule has 0 saturated heterocycles. The van der Waals surface area contributed by atoms with Gasteiger partial charge in [0.2, 0.25) is 5.91 Å². The lowest BCUT2D eigenvalue weighted by Crippen LogP contribution is -2.32. The number of methoxy groups -OCH3 is 1. The topological polar surface area (TPSA) is 104 Å². The first kappa shape index (κ1) is 17.5. The number of nitrogens with one attached hydrogen (secondary N) is 1. The summed E-state index contributed by atoms with van der Waals surface area (Å²) in [6.07, 6.45) is 3.45. The molecule has 0 radical (unpaired) electrons. The largest absolute Gasteiger partial charge is 0.868 e. The summed E-state index contributed by atoms with van der Waals surface area (Å²) in [5.41, 5.74) is 1.22. The molecule has 1 aromatic heterocycles. The van der Waals surface area contributed by atoms with Crippen LogP contribution in [0.15, 0.2) is 54.1 Å². The Morgan fingerprint density at radius 1 is 1.38 bits per heavy atom. The van der Waals surface area contributed by atoms with Crippen LogP contribution in [0.5, 0.6) is 11.5 Å². The Kier molecular flexibility index (Phi) is 4.62. The number of benzene rings is 1. The number of hydrogen-bond donors (Lipinski definition) is 1.